The van der Waals surface area contributed by atoms with Crippen molar-refractivity contribution in [1.29, 1.82) is 0 Å². The second-order valence-electron chi connectivity index (χ2n) is 7.21. The second-order valence-corrected chi connectivity index (χ2v) is 7.21. The Bertz CT molecular complexity index is 698. The lowest BCUT2D eigenvalue weighted by Gasteiger charge is -2.26. The molecule has 0 aromatic heterocycles. The predicted octanol–water partition coefficient (Wildman–Crippen LogP) is -2.34. The van der Waals surface area contributed by atoms with Gasteiger partial charge in [-0.05, 0) is 19.3 Å². The van der Waals surface area contributed by atoms with Gasteiger partial charge in [-0.1, -0.05) is 20.3 Å². The number of carbonyl (C=O) groups is 6. The second kappa shape index (κ2) is 13.2. The largest absolute Gasteiger partial charge is 0.481 e. The number of amides is 4. The van der Waals surface area contributed by atoms with Gasteiger partial charge < -0.3 is 37.6 Å². The van der Waals surface area contributed by atoms with Crippen LogP contribution in [0.2, 0.25) is 0 Å². The van der Waals surface area contributed by atoms with Crippen LogP contribution in [-0.4, -0.2) is 69.9 Å². The van der Waals surface area contributed by atoms with E-state index in [0.717, 1.165) is 0 Å². The van der Waals surface area contributed by atoms with Crippen LogP contribution < -0.4 is 27.4 Å². The number of carbonyl (C=O) groups excluding carboxylic acids is 4. The summed E-state index contributed by atoms with van der Waals surface area (Å²) in [5.41, 5.74) is 10.7. The average molecular weight is 445 g/mol. The van der Waals surface area contributed by atoms with Crippen molar-refractivity contribution in [1.82, 2.24) is 16.0 Å². The molecule has 0 aliphatic carbocycles. The van der Waals surface area contributed by atoms with Crippen molar-refractivity contribution in [2.24, 2.45) is 17.4 Å². The molecule has 9 N–H and O–H groups in total. The summed E-state index contributed by atoms with van der Waals surface area (Å²) in [5.74, 6) is -6.22. The first kappa shape index (κ1) is 27.8. The highest BCUT2D eigenvalue weighted by atomic mass is 16.4. The lowest BCUT2D eigenvalue weighted by atomic mass is 9.97. The normalized spacial score (nSPS) is 15.5. The van der Waals surface area contributed by atoms with Crippen LogP contribution in [0.1, 0.15) is 46.5 Å². The lowest BCUT2D eigenvalue weighted by Crippen LogP contribution is -2.58. The summed E-state index contributed by atoms with van der Waals surface area (Å²) in [5, 5.41) is 24.6. The predicted molar refractivity (Wildman–Crippen MR) is 107 cm³/mol. The number of nitrogens with two attached hydrogens (primary N) is 2. The van der Waals surface area contributed by atoms with Crippen LogP contribution in [0.4, 0.5) is 0 Å². The molecule has 4 amide bonds. The minimum Gasteiger partial charge on any atom is -0.481 e. The molecule has 13 nitrogen and oxygen atoms in total. The van der Waals surface area contributed by atoms with Crippen molar-refractivity contribution in [2.45, 2.75) is 70.6 Å². The highest BCUT2D eigenvalue weighted by molar-refractivity contribution is 5.94. The number of aliphatic carboxylic acids is 2. The summed E-state index contributed by atoms with van der Waals surface area (Å²) < 4.78 is 0. The van der Waals surface area contributed by atoms with Crippen LogP contribution >= 0.6 is 0 Å². The van der Waals surface area contributed by atoms with Crippen molar-refractivity contribution in [2.75, 3.05) is 0 Å². The van der Waals surface area contributed by atoms with E-state index in [4.69, 9.17) is 21.7 Å². The van der Waals surface area contributed by atoms with E-state index >= 15 is 0 Å². The Balaban J connectivity index is 5.12. The van der Waals surface area contributed by atoms with E-state index in [1.54, 1.807) is 13.8 Å². The Labute approximate surface area is 179 Å². The fourth-order valence-electron chi connectivity index (χ4n) is 2.43. The summed E-state index contributed by atoms with van der Waals surface area (Å²) in [6, 6.07) is -5.01. The van der Waals surface area contributed by atoms with E-state index in [1.807, 2.05) is 5.32 Å². The molecular weight excluding hydrogens is 414 g/mol. The number of carboxylic acid groups (broad SMARTS) is 2. The third-order valence-corrected chi connectivity index (χ3v) is 4.58. The SMILES string of the molecule is CCC(C)C(NC(=O)C(N)CCC(N)=O)C(=O)NC(C)C(=O)NC(CC(=O)O)C(=O)O. The van der Waals surface area contributed by atoms with Crippen LogP contribution in [0.25, 0.3) is 0 Å². The molecule has 0 rings (SSSR count). The van der Waals surface area contributed by atoms with Crippen LogP contribution in [0.5, 0.6) is 0 Å². The molecule has 0 fully saturated rings. The summed E-state index contributed by atoms with van der Waals surface area (Å²) in [4.78, 5) is 69.7. The Morgan fingerprint density at radius 2 is 1.48 bits per heavy atom. The van der Waals surface area contributed by atoms with Gasteiger partial charge in [-0.2, -0.15) is 0 Å². The van der Waals surface area contributed by atoms with Gasteiger partial charge in [0, 0.05) is 6.42 Å². The molecule has 0 aromatic carbocycles. The van der Waals surface area contributed by atoms with Gasteiger partial charge in [0.25, 0.3) is 0 Å². The highest BCUT2D eigenvalue weighted by Gasteiger charge is 2.31. The minimum atomic E-state index is -1.67. The molecule has 0 saturated carbocycles. The molecule has 0 aliphatic rings. The van der Waals surface area contributed by atoms with Gasteiger partial charge >= 0.3 is 11.9 Å². The topological polar surface area (TPSA) is 231 Å². The smallest absolute Gasteiger partial charge is 0.326 e. The molecule has 5 atom stereocenters. The van der Waals surface area contributed by atoms with Crippen LogP contribution in [0.15, 0.2) is 0 Å². The van der Waals surface area contributed by atoms with Crippen molar-refractivity contribution >= 4 is 35.6 Å². The molecule has 0 bridgehead atoms. The summed E-state index contributed by atoms with van der Waals surface area (Å²) >= 11 is 0. The van der Waals surface area contributed by atoms with Gasteiger partial charge in [-0.25, -0.2) is 4.79 Å². The number of rotatable bonds is 14. The fourth-order valence-corrected chi connectivity index (χ4v) is 2.43. The molecule has 31 heavy (non-hydrogen) atoms. The summed E-state index contributed by atoms with van der Waals surface area (Å²) in [6.07, 6.45) is -0.451. The number of primary amides is 1. The zero-order chi connectivity index (χ0) is 24.3. The van der Waals surface area contributed by atoms with E-state index in [0.29, 0.717) is 6.42 Å². The first-order valence-electron chi connectivity index (χ1n) is 9.69. The van der Waals surface area contributed by atoms with E-state index in [9.17, 15) is 28.8 Å². The van der Waals surface area contributed by atoms with Gasteiger partial charge in [-0.3, -0.25) is 24.0 Å². The third-order valence-electron chi connectivity index (χ3n) is 4.58. The van der Waals surface area contributed by atoms with E-state index in [2.05, 4.69) is 10.6 Å². The van der Waals surface area contributed by atoms with Gasteiger partial charge in [0.2, 0.25) is 23.6 Å². The molecule has 0 aliphatic heterocycles. The van der Waals surface area contributed by atoms with Crippen molar-refractivity contribution in [3.05, 3.63) is 0 Å². The molecule has 13 heteroatoms. The Kier molecular flexibility index (Phi) is 11.8. The van der Waals surface area contributed by atoms with Crippen molar-refractivity contribution in [3.63, 3.8) is 0 Å². The molecule has 0 spiro atoms. The average Bonchev–Trinajstić information content (AvgIpc) is 2.67. The van der Waals surface area contributed by atoms with Gasteiger partial charge in [0.1, 0.15) is 18.1 Å². The zero-order valence-electron chi connectivity index (χ0n) is 17.7. The molecule has 0 heterocycles. The molecule has 0 aromatic rings. The Morgan fingerprint density at radius 3 is 1.94 bits per heavy atom. The molecule has 5 unspecified atom stereocenters. The number of hydrogen-bond donors (Lipinski definition) is 7. The Morgan fingerprint density at radius 1 is 0.903 bits per heavy atom. The van der Waals surface area contributed by atoms with E-state index in [1.165, 1.54) is 6.92 Å². The standard InChI is InChI=1S/C18H31N5O8/c1-4-8(2)14(23-16(28)10(19)5-6-12(20)24)17(29)21-9(3)15(27)22-11(18(30)31)7-13(25)26/h8-11,14H,4-7,19H2,1-3H3,(H2,20,24)(H,21,29)(H,22,27)(H,23,28)(H,25,26)(H,30,31). The van der Waals surface area contributed by atoms with Crippen molar-refractivity contribution < 1.29 is 39.0 Å². The first-order valence-corrected chi connectivity index (χ1v) is 9.69. The van der Waals surface area contributed by atoms with Crippen LogP contribution in [0.3, 0.4) is 0 Å². The summed E-state index contributed by atoms with van der Waals surface area (Å²) in [7, 11) is 0. The maximum atomic E-state index is 12.6. The highest BCUT2D eigenvalue weighted by Crippen LogP contribution is 2.09. The van der Waals surface area contributed by atoms with Gasteiger partial charge in [0.15, 0.2) is 0 Å². The molecule has 0 saturated heterocycles. The van der Waals surface area contributed by atoms with Crippen molar-refractivity contribution in [3.8, 4) is 0 Å². The quantitative estimate of drug-likeness (QED) is 0.151. The number of nitrogens with one attached hydrogen (secondary N) is 3. The molecule has 176 valence electrons. The maximum Gasteiger partial charge on any atom is 0.326 e. The third kappa shape index (κ3) is 10.4. The maximum absolute atomic E-state index is 12.6. The lowest BCUT2D eigenvalue weighted by molar-refractivity contribution is -0.147. The molecule has 0 radical (unpaired) electrons. The first-order chi connectivity index (χ1) is 14.3. The summed E-state index contributed by atoms with van der Waals surface area (Å²) in [6.45, 7) is 4.75. The number of hydrogen-bond acceptors (Lipinski definition) is 7. The Hall–Kier alpha value is -3.22. The zero-order valence-corrected chi connectivity index (χ0v) is 17.7. The number of carboxylic acids is 2. The van der Waals surface area contributed by atoms with E-state index in [-0.39, 0.29) is 18.8 Å². The van der Waals surface area contributed by atoms with Gasteiger partial charge in [-0.15, -0.1) is 0 Å². The van der Waals surface area contributed by atoms with Gasteiger partial charge in [0.05, 0.1) is 12.5 Å². The van der Waals surface area contributed by atoms with Crippen LogP contribution in [0, 0.1) is 5.92 Å². The van der Waals surface area contributed by atoms with E-state index < -0.39 is 66.2 Å². The fraction of sp³-hybridized carbons (Fsp3) is 0.667. The monoisotopic (exact) mass is 445 g/mol. The van der Waals surface area contributed by atoms with Crippen LogP contribution in [-0.2, 0) is 28.8 Å². The minimum absolute atomic E-state index is 0.00499. The molecular formula is C18H31N5O8.